The number of unbranched alkanes of at least 4 members (excludes halogenated alkanes) is 2. The number of fused-ring (bicyclic) bond motifs is 1. The van der Waals surface area contributed by atoms with Gasteiger partial charge in [-0.3, -0.25) is 19.7 Å². The predicted octanol–water partition coefficient (Wildman–Crippen LogP) is 2.10. The van der Waals surface area contributed by atoms with Gasteiger partial charge in [-0.25, -0.2) is 0 Å². The van der Waals surface area contributed by atoms with Gasteiger partial charge in [-0.15, -0.1) is 0 Å². The maximum Gasteiger partial charge on any atom is 0.255 e. The van der Waals surface area contributed by atoms with Crippen LogP contribution in [-0.4, -0.2) is 48.3 Å². The van der Waals surface area contributed by atoms with Gasteiger partial charge in [0.15, 0.2) is 0 Å². The summed E-state index contributed by atoms with van der Waals surface area (Å²) in [5.74, 6) is 0.185. The number of carbonyl (C=O) groups excluding carboxylic acids is 3. The normalized spacial score (nSPS) is 22.0. The Labute approximate surface area is 184 Å². The summed E-state index contributed by atoms with van der Waals surface area (Å²) in [5, 5.41) is 9.29. The van der Waals surface area contributed by atoms with Gasteiger partial charge in [0.05, 0.1) is 0 Å². The maximum absolute atomic E-state index is 12.8. The monoisotopic (exact) mass is 426 g/mol. The van der Waals surface area contributed by atoms with Crippen molar-refractivity contribution in [3.8, 4) is 0 Å². The van der Waals surface area contributed by atoms with Crippen molar-refractivity contribution >= 4 is 17.7 Å². The molecule has 0 bridgehead atoms. The predicted molar refractivity (Wildman–Crippen MR) is 118 cm³/mol. The molecule has 4 rings (SSSR count). The molecule has 2 fully saturated rings. The molecule has 0 radical (unpaired) electrons. The minimum absolute atomic E-state index is 0.113. The number of rotatable bonds is 9. The number of nitrogens with zero attached hydrogens (tertiary/aromatic N) is 1. The molecule has 0 aliphatic carbocycles. The highest BCUT2D eigenvalue weighted by Crippen LogP contribution is 2.28. The lowest BCUT2D eigenvalue weighted by molar-refractivity contribution is -0.136. The Kier molecular flexibility index (Phi) is 7.35. The summed E-state index contributed by atoms with van der Waals surface area (Å²) in [4.78, 5) is 37.9. The van der Waals surface area contributed by atoms with Gasteiger partial charge in [0.1, 0.15) is 6.04 Å². The standard InChI is InChI=1S/C24H34N4O3/c29-22-8-7-21(23(30)27-22)28-16-19-14-18(5-6-20(19)24(28)31)15-26-11-3-1-2-4-17-9-12-25-13-10-17/h5-6,14,17,21,25-26H,1-4,7-13,15-16H2,(H,27,29,30). The third-order valence-electron chi connectivity index (χ3n) is 6.84. The molecule has 3 N–H and O–H groups in total. The van der Waals surface area contributed by atoms with E-state index in [1.807, 2.05) is 12.1 Å². The van der Waals surface area contributed by atoms with Crippen LogP contribution in [-0.2, 0) is 22.7 Å². The number of benzene rings is 1. The smallest absolute Gasteiger partial charge is 0.255 e. The number of hydrogen-bond donors (Lipinski definition) is 3. The first-order valence-corrected chi connectivity index (χ1v) is 11.8. The molecule has 3 aliphatic rings. The summed E-state index contributed by atoms with van der Waals surface area (Å²) in [6.45, 7) is 4.59. The molecule has 3 amide bonds. The van der Waals surface area contributed by atoms with Crippen molar-refractivity contribution in [2.45, 2.75) is 70.5 Å². The molecule has 7 heteroatoms. The quantitative estimate of drug-likeness (QED) is 0.416. The summed E-state index contributed by atoms with van der Waals surface area (Å²) in [7, 11) is 0. The number of nitrogens with one attached hydrogen (secondary N) is 3. The minimum atomic E-state index is -0.552. The molecular formula is C24H34N4O3. The fourth-order valence-corrected chi connectivity index (χ4v) is 5.00. The van der Waals surface area contributed by atoms with E-state index >= 15 is 0 Å². The van der Waals surface area contributed by atoms with Gasteiger partial charge < -0.3 is 15.5 Å². The van der Waals surface area contributed by atoms with Crippen molar-refractivity contribution < 1.29 is 14.4 Å². The molecule has 1 atom stereocenters. The average Bonchev–Trinajstić information content (AvgIpc) is 3.09. The van der Waals surface area contributed by atoms with Crippen molar-refractivity contribution in [3.05, 3.63) is 34.9 Å². The molecular weight excluding hydrogens is 392 g/mol. The van der Waals surface area contributed by atoms with E-state index in [1.165, 1.54) is 51.6 Å². The van der Waals surface area contributed by atoms with Gasteiger partial charge in [-0.05, 0) is 68.4 Å². The van der Waals surface area contributed by atoms with Crippen molar-refractivity contribution in [1.82, 2.24) is 20.9 Å². The Balaban J connectivity index is 1.19. The van der Waals surface area contributed by atoms with Crippen molar-refractivity contribution in [3.63, 3.8) is 0 Å². The second-order valence-electron chi connectivity index (χ2n) is 9.11. The fraction of sp³-hybridized carbons (Fsp3) is 0.625. The Morgan fingerprint density at radius 2 is 1.87 bits per heavy atom. The third kappa shape index (κ3) is 5.52. The number of amides is 3. The highest BCUT2D eigenvalue weighted by Gasteiger charge is 2.38. The molecule has 1 unspecified atom stereocenters. The first-order valence-electron chi connectivity index (χ1n) is 11.8. The lowest BCUT2D eigenvalue weighted by Crippen LogP contribution is -2.52. The van der Waals surface area contributed by atoms with Crippen molar-refractivity contribution in [2.75, 3.05) is 19.6 Å². The van der Waals surface area contributed by atoms with Crippen LogP contribution in [0.15, 0.2) is 18.2 Å². The van der Waals surface area contributed by atoms with Crippen LogP contribution < -0.4 is 16.0 Å². The van der Waals surface area contributed by atoms with E-state index in [0.29, 0.717) is 18.5 Å². The van der Waals surface area contributed by atoms with Crippen LogP contribution in [0.25, 0.3) is 0 Å². The molecule has 2 saturated heterocycles. The van der Waals surface area contributed by atoms with E-state index in [2.05, 4.69) is 22.0 Å². The van der Waals surface area contributed by atoms with E-state index in [4.69, 9.17) is 0 Å². The zero-order chi connectivity index (χ0) is 21.6. The van der Waals surface area contributed by atoms with E-state index in [1.54, 1.807) is 4.90 Å². The Hall–Kier alpha value is -2.25. The third-order valence-corrected chi connectivity index (χ3v) is 6.84. The number of carbonyl (C=O) groups is 3. The average molecular weight is 427 g/mol. The highest BCUT2D eigenvalue weighted by atomic mass is 16.2. The zero-order valence-electron chi connectivity index (χ0n) is 18.3. The molecule has 0 aromatic heterocycles. The number of imide groups is 1. The van der Waals surface area contributed by atoms with E-state index in [-0.39, 0.29) is 24.1 Å². The minimum Gasteiger partial charge on any atom is -0.322 e. The summed E-state index contributed by atoms with van der Waals surface area (Å²) in [5.41, 5.74) is 2.80. The molecule has 0 spiro atoms. The van der Waals surface area contributed by atoms with Crippen LogP contribution in [0.3, 0.4) is 0 Å². The zero-order valence-corrected chi connectivity index (χ0v) is 18.3. The lowest BCUT2D eigenvalue weighted by Gasteiger charge is -2.29. The summed E-state index contributed by atoms with van der Waals surface area (Å²) < 4.78 is 0. The molecule has 1 aromatic carbocycles. The Morgan fingerprint density at radius 3 is 2.68 bits per heavy atom. The van der Waals surface area contributed by atoms with Gasteiger partial charge in [0.25, 0.3) is 5.91 Å². The maximum atomic E-state index is 12.8. The number of hydrogen-bond acceptors (Lipinski definition) is 5. The van der Waals surface area contributed by atoms with Crippen molar-refractivity contribution in [1.29, 1.82) is 0 Å². The molecule has 0 saturated carbocycles. The van der Waals surface area contributed by atoms with Gasteiger partial charge in [-0.1, -0.05) is 31.4 Å². The summed E-state index contributed by atoms with van der Waals surface area (Å²) >= 11 is 0. The van der Waals surface area contributed by atoms with Crippen LogP contribution in [0.4, 0.5) is 0 Å². The van der Waals surface area contributed by atoms with Gasteiger partial charge in [-0.2, -0.15) is 0 Å². The molecule has 168 valence electrons. The van der Waals surface area contributed by atoms with E-state index in [9.17, 15) is 14.4 Å². The Morgan fingerprint density at radius 1 is 1.03 bits per heavy atom. The summed E-state index contributed by atoms with van der Waals surface area (Å²) in [6, 6.07) is 5.39. The van der Waals surface area contributed by atoms with Crippen molar-refractivity contribution in [2.24, 2.45) is 5.92 Å². The van der Waals surface area contributed by atoms with Crippen LogP contribution in [0.2, 0.25) is 0 Å². The highest BCUT2D eigenvalue weighted by molar-refractivity contribution is 6.05. The van der Waals surface area contributed by atoms with Gasteiger partial charge in [0.2, 0.25) is 11.8 Å². The molecule has 7 nitrogen and oxygen atoms in total. The lowest BCUT2D eigenvalue weighted by atomic mass is 9.92. The first-order chi connectivity index (χ1) is 15.1. The number of piperidine rings is 2. The van der Waals surface area contributed by atoms with Crippen LogP contribution >= 0.6 is 0 Å². The second kappa shape index (κ2) is 10.4. The fourth-order valence-electron chi connectivity index (χ4n) is 5.00. The molecule has 3 heterocycles. The van der Waals surface area contributed by atoms with Crippen LogP contribution in [0.5, 0.6) is 0 Å². The second-order valence-corrected chi connectivity index (χ2v) is 9.11. The van der Waals surface area contributed by atoms with E-state index in [0.717, 1.165) is 30.1 Å². The molecule has 31 heavy (non-hydrogen) atoms. The van der Waals surface area contributed by atoms with Gasteiger partial charge >= 0.3 is 0 Å². The Bertz CT molecular complexity index is 819. The van der Waals surface area contributed by atoms with E-state index < -0.39 is 6.04 Å². The molecule has 3 aliphatic heterocycles. The SMILES string of the molecule is O=C1CCC(N2Cc3cc(CNCCCCCC4CCNCC4)ccc3C2=O)C(=O)N1. The first kappa shape index (κ1) is 22.0. The summed E-state index contributed by atoms with van der Waals surface area (Å²) in [6.07, 6.45) is 8.50. The van der Waals surface area contributed by atoms with Crippen LogP contribution in [0.1, 0.15) is 72.9 Å². The van der Waals surface area contributed by atoms with Crippen LogP contribution in [0, 0.1) is 5.92 Å². The largest absolute Gasteiger partial charge is 0.322 e. The molecule has 1 aromatic rings. The van der Waals surface area contributed by atoms with Gasteiger partial charge in [0, 0.05) is 25.1 Å². The topological polar surface area (TPSA) is 90.5 Å².